The molecule has 6 heteroatoms. The van der Waals surface area contributed by atoms with Gasteiger partial charge in [0.05, 0.1) is 17.0 Å². The predicted molar refractivity (Wildman–Crippen MR) is 173 cm³/mol. The summed E-state index contributed by atoms with van der Waals surface area (Å²) < 4.78 is 6.40. The number of fused-ring (bicyclic) bond motifs is 3. The van der Waals surface area contributed by atoms with E-state index in [0.717, 1.165) is 76.7 Å². The van der Waals surface area contributed by atoms with Crippen LogP contribution in [0.1, 0.15) is 85.3 Å². The quantitative estimate of drug-likeness (QED) is 0.0921. The number of nitrogens with zero attached hydrogens (tertiary/aromatic N) is 2. The minimum atomic E-state index is -0.319. The number of benzene rings is 3. The molecule has 0 saturated carbocycles. The van der Waals surface area contributed by atoms with Gasteiger partial charge in [-0.2, -0.15) is 0 Å². The van der Waals surface area contributed by atoms with Gasteiger partial charge in [-0.15, -0.1) is 17.5 Å². The van der Waals surface area contributed by atoms with Crippen molar-refractivity contribution < 1.29 is 34.7 Å². The first-order chi connectivity index (χ1) is 20.1. The Morgan fingerprint density at radius 2 is 1.74 bits per heavy atom. The molecule has 4 aromatic rings. The van der Waals surface area contributed by atoms with Crippen LogP contribution in [-0.2, 0) is 31.3 Å². The molecule has 43 heavy (non-hydrogen) atoms. The predicted octanol–water partition coefficient (Wildman–Crippen LogP) is 10.1. The molecule has 0 fully saturated rings. The van der Waals surface area contributed by atoms with E-state index in [2.05, 4.69) is 67.1 Å². The van der Waals surface area contributed by atoms with Gasteiger partial charge < -0.3 is 9.84 Å². The van der Waals surface area contributed by atoms with Crippen molar-refractivity contribution in [1.29, 1.82) is 0 Å². The first kappa shape index (κ1) is 34.4. The van der Waals surface area contributed by atoms with Crippen LogP contribution >= 0.6 is 0 Å². The van der Waals surface area contributed by atoms with Gasteiger partial charge in [-0.3, -0.25) is 9.78 Å². The Kier molecular flexibility index (Phi) is 11.7. The van der Waals surface area contributed by atoms with Gasteiger partial charge in [0.25, 0.3) is 0 Å². The van der Waals surface area contributed by atoms with E-state index >= 15 is 0 Å². The Morgan fingerprint density at radius 1 is 1.07 bits per heavy atom. The molecule has 0 unspecified atom stereocenters. The number of carbonyl (C=O) groups excluding carboxylic acids is 1. The Morgan fingerprint density at radius 3 is 2.37 bits per heavy atom. The number of allylic oxidation sites excluding steroid dienone is 2. The molecule has 5 nitrogen and oxygen atoms in total. The van der Waals surface area contributed by atoms with E-state index in [-0.39, 0.29) is 43.0 Å². The summed E-state index contributed by atoms with van der Waals surface area (Å²) in [6.45, 7) is 16.6. The zero-order valence-corrected chi connectivity index (χ0v) is 29.2. The van der Waals surface area contributed by atoms with Gasteiger partial charge in [-0.1, -0.05) is 83.2 Å². The molecule has 1 aliphatic rings. The molecule has 0 atom stereocenters. The number of aromatic nitrogens is 2. The second-order valence-electron chi connectivity index (χ2n) is 12.1. The number of carbonyl (C=O) groups is 1. The maximum Gasteiger partial charge on any atom is 0.164 e. The van der Waals surface area contributed by atoms with Crippen LogP contribution in [0.2, 0.25) is 0 Å². The molecule has 0 bridgehead atoms. The first-order valence-corrected chi connectivity index (χ1v) is 15.4. The third-order valence-corrected chi connectivity index (χ3v) is 8.85. The summed E-state index contributed by atoms with van der Waals surface area (Å²) in [4.78, 5) is 21.1. The normalized spacial score (nSPS) is 12.5. The average molecular weight is 758 g/mol. The standard InChI is InChI=1S/C23H19N2O.C14H26O2.Ir/c1-13(2)8-15-9-19-21-20(10-15)26-23-14(3)17-7-5-4-6-16(17)11-18(23)22(21)25-12-24-19;1-6-11(7-2)12(15)10-13(16)14(5,8-3)9-4;/h4-7,9-10,12-13H,8H2,1-3H3;10-11,15H,6-9H2,1-5H3;/q-1;;/b;12-10-;. The van der Waals surface area contributed by atoms with Crippen LogP contribution in [0.4, 0.5) is 0 Å². The number of ketones is 1. The largest absolute Gasteiger partial charge is 0.512 e. The topological polar surface area (TPSA) is 72.3 Å². The molecule has 1 radical (unpaired) electrons. The van der Waals surface area contributed by atoms with Crippen LogP contribution in [0.3, 0.4) is 0 Å². The van der Waals surface area contributed by atoms with Gasteiger partial charge in [0.15, 0.2) is 5.78 Å². The Hall–Kier alpha value is -3.08. The fraction of sp³-hybridized carbons (Fsp3) is 0.432. The average Bonchev–Trinajstić information content (AvgIpc) is 2.98. The summed E-state index contributed by atoms with van der Waals surface area (Å²) in [5, 5.41) is 13.1. The van der Waals surface area contributed by atoms with Crippen molar-refractivity contribution in [2.75, 3.05) is 0 Å². The number of hydrogen-bond acceptors (Lipinski definition) is 5. The molecule has 2 heterocycles. The van der Waals surface area contributed by atoms with Crippen LogP contribution in [0.5, 0.6) is 11.5 Å². The van der Waals surface area contributed by atoms with Gasteiger partial charge in [0, 0.05) is 48.6 Å². The van der Waals surface area contributed by atoms with Crippen molar-refractivity contribution in [3.8, 4) is 22.8 Å². The number of aliphatic hydroxyl groups excluding tert-OH is 1. The number of aryl methyl sites for hydroxylation is 1. The van der Waals surface area contributed by atoms with E-state index in [9.17, 15) is 9.90 Å². The molecule has 0 amide bonds. The Balaban J connectivity index is 0.000000261. The third kappa shape index (κ3) is 7.19. The van der Waals surface area contributed by atoms with Crippen LogP contribution < -0.4 is 4.74 Å². The van der Waals surface area contributed by atoms with E-state index in [1.165, 1.54) is 17.0 Å². The van der Waals surface area contributed by atoms with Crippen molar-refractivity contribution in [1.82, 2.24) is 9.97 Å². The van der Waals surface area contributed by atoms with Crippen molar-refractivity contribution in [3.63, 3.8) is 0 Å². The summed E-state index contributed by atoms with van der Waals surface area (Å²) in [5.41, 5.74) is 4.83. The van der Waals surface area contributed by atoms with Crippen LogP contribution in [0.15, 0.2) is 54.6 Å². The number of rotatable bonds is 9. The van der Waals surface area contributed by atoms with Gasteiger partial charge in [0.1, 0.15) is 12.1 Å². The van der Waals surface area contributed by atoms with E-state index in [1.54, 1.807) is 6.33 Å². The van der Waals surface area contributed by atoms with Gasteiger partial charge in [0.2, 0.25) is 0 Å². The van der Waals surface area contributed by atoms with Gasteiger partial charge in [-0.25, -0.2) is 4.98 Å². The minimum absolute atomic E-state index is 0. The Labute approximate surface area is 270 Å². The third-order valence-electron chi connectivity index (χ3n) is 8.85. The van der Waals surface area contributed by atoms with Gasteiger partial charge in [-0.05, 0) is 62.6 Å². The smallest absolute Gasteiger partial charge is 0.164 e. The Bertz CT molecular complexity index is 1620. The maximum absolute atomic E-state index is 12.0. The molecular weight excluding hydrogens is 713 g/mol. The summed E-state index contributed by atoms with van der Waals surface area (Å²) in [6.07, 6.45) is 7.48. The summed E-state index contributed by atoms with van der Waals surface area (Å²) in [5.74, 6) is 2.73. The molecule has 0 spiro atoms. The molecule has 1 aromatic heterocycles. The molecular formula is C37H45IrN2O3-. The van der Waals surface area contributed by atoms with Crippen LogP contribution in [0.25, 0.3) is 32.9 Å². The SMILES string of the molecule is CCC(CC)/C(O)=C/C(=O)C(C)(CC)CC.Cc1c2c([c-]c3ccccc13)-c1ncnc3cc(CC(C)C)cc(c13)O2.[Ir]. The monoisotopic (exact) mass is 758 g/mol. The number of ether oxygens (including phenoxy) is 1. The molecule has 1 aliphatic heterocycles. The van der Waals surface area contributed by atoms with Crippen molar-refractivity contribution >= 4 is 27.5 Å². The fourth-order valence-corrected chi connectivity index (χ4v) is 5.63. The number of aliphatic hydroxyl groups is 1. The van der Waals surface area contributed by atoms with E-state index in [0.29, 0.717) is 5.92 Å². The van der Waals surface area contributed by atoms with Crippen molar-refractivity contribution in [2.45, 2.75) is 87.5 Å². The molecule has 3 aromatic carbocycles. The van der Waals surface area contributed by atoms with Crippen LogP contribution in [-0.4, -0.2) is 20.9 Å². The maximum atomic E-state index is 12.0. The molecule has 5 rings (SSSR count). The van der Waals surface area contributed by atoms with E-state index in [1.807, 2.05) is 40.7 Å². The molecule has 0 aliphatic carbocycles. The number of hydrogen-bond donors (Lipinski definition) is 1. The second-order valence-corrected chi connectivity index (χ2v) is 12.1. The summed E-state index contributed by atoms with van der Waals surface area (Å²) >= 11 is 0. The van der Waals surface area contributed by atoms with Crippen molar-refractivity contribution in [2.24, 2.45) is 17.3 Å². The first-order valence-electron chi connectivity index (χ1n) is 15.4. The summed E-state index contributed by atoms with van der Waals surface area (Å²) in [7, 11) is 0. The van der Waals surface area contributed by atoms with Gasteiger partial charge >= 0.3 is 0 Å². The zero-order chi connectivity index (χ0) is 30.6. The minimum Gasteiger partial charge on any atom is -0.512 e. The zero-order valence-electron chi connectivity index (χ0n) is 26.8. The summed E-state index contributed by atoms with van der Waals surface area (Å²) in [6, 6.07) is 16.1. The second kappa shape index (κ2) is 14.6. The molecule has 0 saturated heterocycles. The molecule has 231 valence electrons. The van der Waals surface area contributed by atoms with E-state index in [4.69, 9.17) is 4.74 Å². The fourth-order valence-electron chi connectivity index (χ4n) is 5.63. The van der Waals surface area contributed by atoms with Crippen LogP contribution in [0, 0.1) is 30.2 Å². The van der Waals surface area contributed by atoms with E-state index < -0.39 is 0 Å². The molecule has 1 N–H and O–H groups in total. The van der Waals surface area contributed by atoms with Crippen molar-refractivity contribution in [3.05, 3.63) is 71.8 Å².